The fourth-order valence-corrected chi connectivity index (χ4v) is 2.73. The van der Waals surface area contributed by atoms with E-state index in [2.05, 4.69) is 4.90 Å². The molecule has 1 atom stereocenters. The fraction of sp³-hybridized carbons (Fsp3) is 0.500. The Labute approximate surface area is 112 Å². The van der Waals surface area contributed by atoms with Crippen LogP contribution in [0, 0.1) is 0 Å². The molecule has 1 aliphatic heterocycles. The lowest BCUT2D eigenvalue weighted by Crippen LogP contribution is -2.30. The molecule has 0 aliphatic carbocycles. The molecular formula is C14H20N2O3. The third-order valence-corrected chi connectivity index (χ3v) is 3.66. The fourth-order valence-electron chi connectivity index (χ4n) is 2.73. The number of nitrogens with two attached hydrogens (primary N) is 1. The molecule has 1 aliphatic rings. The third-order valence-electron chi connectivity index (χ3n) is 3.66. The first-order valence-corrected chi connectivity index (χ1v) is 6.64. The smallest absolute Gasteiger partial charge is 0.335 e. The molecule has 1 fully saturated rings. The number of rotatable bonds is 5. The molecule has 104 valence electrons. The molecule has 0 spiro atoms. The van der Waals surface area contributed by atoms with Crippen LogP contribution >= 0.6 is 0 Å². The average Bonchev–Trinajstić information content (AvgIpc) is 2.84. The van der Waals surface area contributed by atoms with Gasteiger partial charge in [0.1, 0.15) is 0 Å². The summed E-state index contributed by atoms with van der Waals surface area (Å²) in [5.74, 6) is -0.962. The Hall–Kier alpha value is -1.75. The SMILES string of the molecule is Nc1cc(C(=O)O)ccc1N1CCCC1CCCO. The highest BCUT2D eigenvalue weighted by atomic mass is 16.4. The lowest BCUT2D eigenvalue weighted by molar-refractivity contribution is 0.0697. The van der Waals surface area contributed by atoms with Gasteiger partial charge in [0.05, 0.1) is 16.9 Å². The van der Waals surface area contributed by atoms with E-state index in [4.69, 9.17) is 15.9 Å². The zero-order valence-corrected chi connectivity index (χ0v) is 10.9. The van der Waals surface area contributed by atoms with E-state index < -0.39 is 5.97 Å². The largest absolute Gasteiger partial charge is 0.478 e. The molecule has 5 nitrogen and oxygen atoms in total. The Morgan fingerprint density at radius 1 is 1.47 bits per heavy atom. The summed E-state index contributed by atoms with van der Waals surface area (Å²) in [6.07, 6.45) is 3.93. The van der Waals surface area contributed by atoms with Crippen LogP contribution in [0.1, 0.15) is 36.0 Å². The van der Waals surface area contributed by atoms with Crippen molar-refractivity contribution in [2.45, 2.75) is 31.7 Å². The highest BCUT2D eigenvalue weighted by Gasteiger charge is 2.25. The van der Waals surface area contributed by atoms with Gasteiger partial charge in [0, 0.05) is 19.2 Å². The van der Waals surface area contributed by atoms with Crippen LogP contribution in [0.15, 0.2) is 18.2 Å². The number of carboxylic acids is 1. The third kappa shape index (κ3) is 2.98. The zero-order valence-electron chi connectivity index (χ0n) is 10.9. The molecule has 2 rings (SSSR count). The molecule has 5 heteroatoms. The number of benzene rings is 1. The number of anilines is 2. The predicted molar refractivity (Wildman–Crippen MR) is 74.5 cm³/mol. The molecule has 1 aromatic rings. The molecular weight excluding hydrogens is 244 g/mol. The van der Waals surface area contributed by atoms with E-state index in [0.29, 0.717) is 11.7 Å². The summed E-state index contributed by atoms with van der Waals surface area (Å²) in [7, 11) is 0. The van der Waals surface area contributed by atoms with E-state index in [1.54, 1.807) is 12.1 Å². The Balaban J connectivity index is 2.18. The highest BCUT2D eigenvalue weighted by molar-refractivity contribution is 5.90. The summed E-state index contributed by atoms with van der Waals surface area (Å²) in [6, 6.07) is 5.29. The van der Waals surface area contributed by atoms with Crippen LogP contribution in [0.3, 0.4) is 0 Å². The van der Waals surface area contributed by atoms with Crippen molar-refractivity contribution in [2.75, 3.05) is 23.8 Å². The molecule has 1 aromatic carbocycles. The topological polar surface area (TPSA) is 86.8 Å². The van der Waals surface area contributed by atoms with Crippen molar-refractivity contribution in [3.63, 3.8) is 0 Å². The lowest BCUT2D eigenvalue weighted by Gasteiger charge is -2.28. The number of carbonyl (C=O) groups is 1. The van der Waals surface area contributed by atoms with Crippen LogP contribution in [-0.2, 0) is 0 Å². The molecule has 1 heterocycles. The lowest BCUT2D eigenvalue weighted by atomic mass is 10.1. The summed E-state index contributed by atoms with van der Waals surface area (Å²) in [6.45, 7) is 1.14. The minimum Gasteiger partial charge on any atom is -0.478 e. The van der Waals surface area contributed by atoms with Gasteiger partial charge in [-0.15, -0.1) is 0 Å². The number of nitrogens with zero attached hydrogens (tertiary/aromatic N) is 1. The minimum atomic E-state index is -0.962. The number of aliphatic hydroxyl groups is 1. The van der Waals surface area contributed by atoms with Crippen LogP contribution in [0.5, 0.6) is 0 Å². The van der Waals surface area contributed by atoms with Crippen molar-refractivity contribution in [1.29, 1.82) is 0 Å². The van der Waals surface area contributed by atoms with E-state index in [0.717, 1.165) is 37.9 Å². The van der Waals surface area contributed by atoms with Crippen LogP contribution in [-0.4, -0.2) is 35.4 Å². The van der Waals surface area contributed by atoms with Crippen molar-refractivity contribution in [1.82, 2.24) is 0 Å². The van der Waals surface area contributed by atoms with E-state index in [-0.39, 0.29) is 12.2 Å². The number of aromatic carboxylic acids is 1. The van der Waals surface area contributed by atoms with Gasteiger partial charge in [0.25, 0.3) is 0 Å². The average molecular weight is 264 g/mol. The van der Waals surface area contributed by atoms with Crippen molar-refractivity contribution in [3.05, 3.63) is 23.8 Å². The molecule has 19 heavy (non-hydrogen) atoms. The van der Waals surface area contributed by atoms with E-state index >= 15 is 0 Å². The van der Waals surface area contributed by atoms with E-state index in [1.165, 1.54) is 6.07 Å². The quantitative estimate of drug-likeness (QED) is 0.705. The minimum absolute atomic E-state index is 0.206. The normalized spacial score (nSPS) is 18.8. The highest BCUT2D eigenvalue weighted by Crippen LogP contribution is 2.32. The summed E-state index contributed by atoms with van der Waals surface area (Å²) in [4.78, 5) is 13.1. The second-order valence-electron chi connectivity index (χ2n) is 4.93. The summed E-state index contributed by atoms with van der Waals surface area (Å²) < 4.78 is 0. The van der Waals surface area contributed by atoms with Gasteiger partial charge in [-0.1, -0.05) is 0 Å². The van der Waals surface area contributed by atoms with Gasteiger partial charge >= 0.3 is 5.97 Å². The first kappa shape index (κ1) is 13.7. The van der Waals surface area contributed by atoms with Crippen molar-refractivity contribution in [2.24, 2.45) is 0 Å². The number of nitrogen functional groups attached to an aromatic ring is 1. The van der Waals surface area contributed by atoms with Gasteiger partial charge in [0.15, 0.2) is 0 Å². The van der Waals surface area contributed by atoms with Crippen LogP contribution in [0.4, 0.5) is 11.4 Å². The molecule has 0 aromatic heterocycles. The summed E-state index contributed by atoms with van der Waals surface area (Å²) >= 11 is 0. The molecule has 1 saturated heterocycles. The predicted octanol–water partition coefficient (Wildman–Crippen LogP) is 1.71. The monoisotopic (exact) mass is 264 g/mol. The molecule has 1 unspecified atom stereocenters. The Bertz CT molecular complexity index is 462. The van der Waals surface area contributed by atoms with E-state index in [1.807, 2.05) is 0 Å². The summed E-state index contributed by atoms with van der Waals surface area (Å²) in [5.41, 5.74) is 7.61. The maximum absolute atomic E-state index is 10.9. The van der Waals surface area contributed by atoms with Gasteiger partial charge in [0.2, 0.25) is 0 Å². The van der Waals surface area contributed by atoms with Crippen LogP contribution in [0.25, 0.3) is 0 Å². The number of carboxylic acid groups (broad SMARTS) is 1. The van der Waals surface area contributed by atoms with Gasteiger partial charge in [-0.3, -0.25) is 0 Å². The first-order valence-electron chi connectivity index (χ1n) is 6.64. The van der Waals surface area contributed by atoms with Crippen molar-refractivity contribution in [3.8, 4) is 0 Å². The molecule has 4 N–H and O–H groups in total. The maximum atomic E-state index is 10.9. The van der Waals surface area contributed by atoms with Gasteiger partial charge in [-0.25, -0.2) is 4.79 Å². The van der Waals surface area contributed by atoms with Crippen LogP contribution in [0.2, 0.25) is 0 Å². The molecule has 0 saturated carbocycles. The van der Waals surface area contributed by atoms with Crippen molar-refractivity contribution >= 4 is 17.3 Å². The molecule has 0 amide bonds. The maximum Gasteiger partial charge on any atom is 0.335 e. The Morgan fingerprint density at radius 2 is 2.26 bits per heavy atom. The van der Waals surface area contributed by atoms with Gasteiger partial charge < -0.3 is 20.8 Å². The first-order chi connectivity index (χ1) is 9.13. The van der Waals surface area contributed by atoms with Gasteiger partial charge in [-0.05, 0) is 43.9 Å². The molecule has 0 bridgehead atoms. The second-order valence-corrected chi connectivity index (χ2v) is 4.93. The number of hydrogen-bond donors (Lipinski definition) is 3. The van der Waals surface area contributed by atoms with Gasteiger partial charge in [-0.2, -0.15) is 0 Å². The number of hydrogen-bond acceptors (Lipinski definition) is 4. The standard InChI is InChI=1S/C14H20N2O3/c15-12-9-10(14(18)19)5-6-13(12)16-7-1-3-11(16)4-2-8-17/h5-6,9,11,17H,1-4,7-8,15H2,(H,18,19). The Kier molecular flexibility index (Phi) is 4.27. The van der Waals surface area contributed by atoms with E-state index in [9.17, 15) is 4.79 Å². The molecule has 0 radical (unpaired) electrons. The Morgan fingerprint density at radius 3 is 2.89 bits per heavy atom. The summed E-state index contributed by atoms with van der Waals surface area (Å²) in [5, 5.41) is 17.9. The van der Waals surface area contributed by atoms with Crippen LogP contribution < -0.4 is 10.6 Å². The zero-order chi connectivity index (χ0) is 13.8. The number of aliphatic hydroxyl groups excluding tert-OH is 1. The van der Waals surface area contributed by atoms with Crippen molar-refractivity contribution < 1.29 is 15.0 Å². The second kappa shape index (κ2) is 5.93.